The average Bonchev–Trinajstić information content (AvgIpc) is 1.87. The highest BCUT2D eigenvalue weighted by atomic mass is 19.2. The number of rotatable bonds is 28. The van der Waals surface area contributed by atoms with E-state index >= 15 is 4.39 Å². The molecule has 0 spiro atoms. The Morgan fingerprint density at radius 2 is 1.17 bits per heavy atom. The second kappa shape index (κ2) is 30.9. The summed E-state index contributed by atoms with van der Waals surface area (Å²) < 4.78 is 85.3. The van der Waals surface area contributed by atoms with Crippen molar-refractivity contribution >= 4 is 41.1 Å². The standard InChI is InChI=1S/C67H91F2N5O15/c1-63(2,3)86-53(75)25-19-39-72(61(79)88-65(7,8)9)38-18-24-51(73(62(80)89-66(10,11)12)40-20-26-54(76)87-64(4,5)6)59(78)70-37-21-41-83-58-57(77)52(85-60(58)74-43-71-56-50(74)36-35-49(68)55(56)69)42-84-67(44-22-16-15-17-23-44,45-27-31-47(81-13)32-28-45)46-29-33-48(82-14)34-30-46/h15-17,22-23,27-36,43,51-52,57-58,60,77H,18-21,24-26,37-42H2,1-14H3,(H,70,78)/t51?,52-,57-,58-,60-/m1/s1. The highest BCUT2D eigenvalue weighted by molar-refractivity contribution is 5.86. The smallest absolute Gasteiger partial charge is 0.410 e. The van der Waals surface area contributed by atoms with E-state index in [4.69, 9.17) is 42.6 Å². The second-order valence-corrected chi connectivity index (χ2v) is 25.9. The van der Waals surface area contributed by atoms with Crippen LogP contribution in [-0.2, 0) is 53.1 Å². The number of esters is 2. The number of aromatic nitrogens is 2. The first kappa shape index (κ1) is 70.7. The maximum Gasteiger partial charge on any atom is 0.410 e. The van der Waals surface area contributed by atoms with Crippen LogP contribution in [0.5, 0.6) is 11.5 Å². The van der Waals surface area contributed by atoms with E-state index in [1.807, 2.05) is 78.9 Å². The summed E-state index contributed by atoms with van der Waals surface area (Å²) in [4.78, 5) is 75.1. The van der Waals surface area contributed by atoms with Crippen LogP contribution in [0.2, 0.25) is 0 Å². The zero-order valence-corrected chi connectivity index (χ0v) is 54.0. The third-order valence-electron chi connectivity index (χ3n) is 14.1. The summed E-state index contributed by atoms with van der Waals surface area (Å²) in [5.74, 6) is -2.53. The number of carbonyl (C=O) groups is 5. The summed E-state index contributed by atoms with van der Waals surface area (Å²) in [5, 5.41) is 15.3. The van der Waals surface area contributed by atoms with Crippen molar-refractivity contribution in [2.24, 2.45) is 0 Å². The van der Waals surface area contributed by atoms with Gasteiger partial charge in [0.1, 0.15) is 69.4 Å². The van der Waals surface area contributed by atoms with Crippen molar-refractivity contribution in [3.05, 3.63) is 126 Å². The van der Waals surface area contributed by atoms with Gasteiger partial charge >= 0.3 is 24.1 Å². The third kappa shape index (κ3) is 20.3. The predicted octanol–water partition coefficient (Wildman–Crippen LogP) is 11.4. The zero-order chi connectivity index (χ0) is 65.5. The molecule has 20 nitrogen and oxygen atoms in total. The van der Waals surface area contributed by atoms with Crippen molar-refractivity contribution in [1.82, 2.24) is 24.7 Å². The Morgan fingerprint density at radius 3 is 1.71 bits per heavy atom. The molecule has 5 atom stereocenters. The van der Waals surface area contributed by atoms with E-state index in [0.29, 0.717) is 11.5 Å². The van der Waals surface area contributed by atoms with Crippen LogP contribution in [0.15, 0.2) is 97.3 Å². The van der Waals surface area contributed by atoms with Crippen molar-refractivity contribution in [1.29, 1.82) is 0 Å². The molecule has 1 saturated heterocycles. The monoisotopic (exact) mass is 1240 g/mol. The number of halogens is 2. The molecule has 22 heteroatoms. The van der Waals surface area contributed by atoms with Crippen LogP contribution in [0.4, 0.5) is 18.4 Å². The van der Waals surface area contributed by atoms with Gasteiger partial charge in [0.05, 0.1) is 32.7 Å². The van der Waals surface area contributed by atoms with Gasteiger partial charge in [0.2, 0.25) is 5.91 Å². The van der Waals surface area contributed by atoms with Crippen LogP contribution in [0.25, 0.3) is 11.0 Å². The van der Waals surface area contributed by atoms with Crippen LogP contribution in [-0.4, -0.2) is 155 Å². The Kier molecular flexibility index (Phi) is 24.5. The van der Waals surface area contributed by atoms with Gasteiger partial charge in [0.25, 0.3) is 0 Å². The molecule has 6 rings (SSSR count). The van der Waals surface area contributed by atoms with Crippen LogP contribution >= 0.6 is 0 Å². The molecule has 4 aromatic carbocycles. The number of aliphatic hydroxyl groups excluding tert-OH is 1. The minimum atomic E-state index is -1.40. The lowest BCUT2D eigenvalue weighted by Gasteiger charge is -2.37. The summed E-state index contributed by atoms with van der Waals surface area (Å²) in [6.07, 6.45) is -4.31. The van der Waals surface area contributed by atoms with Gasteiger partial charge in [0.15, 0.2) is 17.9 Å². The van der Waals surface area contributed by atoms with Crippen LogP contribution in [0.1, 0.15) is 151 Å². The minimum absolute atomic E-state index is 0.00715. The Hall–Kier alpha value is -7.40. The maximum absolute atomic E-state index is 15.3. The Bertz CT molecular complexity index is 3070. The zero-order valence-electron chi connectivity index (χ0n) is 54.0. The lowest BCUT2D eigenvalue weighted by atomic mass is 9.80. The largest absolute Gasteiger partial charge is 0.497 e. The van der Waals surface area contributed by atoms with Crippen LogP contribution < -0.4 is 14.8 Å². The number of fused-ring (bicyclic) bond motifs is 1. The second-order valence-electron chi connectivity index (χ2n) is 25.9. The molecule has 5 aromatic rings. The van der Waals surface area contributed by atoms with Crippen molar-refractivity contribution in [2.75, 3.05) is 53.6 Å². The van der Waals surface area contributed by atoms with Gasteiger partial charge in [-0.2, -0.15) is 0 Å². The Morgan fingerprint density at radius 1 is 0.652 bits per heavy atom. The Labute approximate surface area is 521 Å². The molecule has 1 aromatic heterocycles. The number of methoxy groups -OCH3 is 2. The molecular weight excluding hydrogens is 1150 g/mol. The lowest BCUT2D eigenvalue weighted by Crippen LogP contribution is -2.52. The highest BCUT2D eigenvalue weighted by Crippen LogP contribution is 2.44. The van der Waals surface area contributed by atoms with E-state index in [0.717, 1.165) is 22.8 Å². The van der Waals surface area contributed by atoms with E-state index in [-0.39, 0.29) is 95.4 Å². The molecule has 488 valence electrons. The summed E-state index contributed by atoms with van der Waals surface area (Å²) >= 11 is 0. The van der Waals surface area contributed by atoms with E-state index in [9.17, 15) is 33.5 Å². The van der Waals surface area contributed by atoms with Gasteiger partial charge in [0, 0.05) is 45.6 Å². The molecule has 0 radical (unpaired) electrons. The first-order valence-electron chi connectivity index (χ1n) is 30.3. The van der Waals surface area contributed by atoms with Crippen molar-refractivity contribution in [3.8, 4) is 11.5 Å². The minimum Gasteiger partial charge on any atom is -0.497 e. The van der Waals surface area contributed by atoms with E-state index < -0.39 is 100 Å². The van der Waals surface area contributed by atoms with Gasteiger partial charge in [-0.3, -0.25) is 19.3 Å². The number of amides is 3. The average molecular weight is 1240 g/mol. The molecule has 0 aliphatic carbocycles. The first-order chi connectivity index (χ1) is 41.8. The number of benzene rings is 4. The van der Waals surface area contributed by atoms with Crippen molar-refractivity contribution < 1.29 is 80.5 Å². The number of nitrogens with zero attached hydrogens (tertiary/aromatic N) is 4. The summed E-state index contributed by atoms with van der Waals surface area (Å²) in [6, 6.07) is 25.5. The SMILES string of the molecule is COc1ccc(C(OC[C@H]2O[C@@H](n3cnc4c(F)c(F)ccc43)[C@H](OCCCNC(=O)C(CCCN(CCCC(=O)OC(C)(C)C)C(=O)OC(C)(C)C)N(CCCC(=O)OC(C)(C)C)C(=O)OC(C)(C)C)[C@@H]2O)(c2ccccc2)c2ccc(OC)cc2)cc1. The number of carbonyl (C=O) groups excluding carboxylic acids is 5. The first-order valence-corrected chi connectivity index (χ1v) is 30.3. The van der Waals surface area contributed by atoms with Crippen LogP contribution in [0.3, 0.4) is 0 Å². The summed E-state index contributed by atoms with van der Waals surface area (Å²) in [6.45, 7) is 20.6. The number of hydrogen-bond acceptors (Lipinski definition) is 16. The quantitative estimate of drug-likeness (QED) is 0.0205. The maximum atomic E-state index is 15.3. The molecule has 0 saturated carbocycles. The molecule has 2 heterocycles. The summed E-state index contributed by atoms with van der Waals surface area (Å²) in [7, 11) is 3.15. The summed E-state index contributed by atoms with van der Waals surface area (Å²) in [5.41, 5.74) is -2.51. The fourth-order valence-electron chi connectivity index (χ4n) is 10.2. The fraction of sp³-hybridized carbons (Fsp3) is 0.552. The normalized spacial score (nSPS) is 16.7. The molecule has 1 aliphatic rings. The molecule has 3 amide bonds. The van der Waals surface area contributed by atoms with Gasteiger partial charge in [-0.15, -0.1) is 0 Å². The van der Waals surface area contributed by atoms with Gasteiger partial charge in [-0.1, -0.05) is 54.6 Å². The van der Waals surface area contributed by atoms with Crippen molar-refractivity contribution in [2.45, 2.75) is 187 Å². The molecule has 1 unspecified atom stereocenters. The van der Waals surface area contributed by atoms with Crippen LogP contribution in [0, 0.1) is 11.6 Å². The topological polar surface area (TPSA) is 225 Å². The lowest BCUT2D eigenvalue weighted by molar-refractivity contribution is -0.156. The molecule has 1 aliphatic heterocycles. The molecule has 2 N–H and O–H groups in total. The van der Waals surface area contributed by atoms with E-state index in [1.54, 1.807) is 97.3 Å². The number of hydrogen-bond donors (Lipinski definition) is 2. The van der Waals surface area contributed by atoms with Gasteiger partial charge < -0.3 is 62.5 Å². The molecule has 1 fully saturated rings. The molecule has 0 bridgehead atoms. The number of aliphatic hydroxyl groups is 1. The number of ether oxygens (including phenoxy) is 9. The number of nitrogens with one attached hydrogen (secondary N) is 1. The highest BCUT2D eigenvalue weighted by Gasteiger charge is 2.48. The van der Waals surface area contributed by atoms with E-state index in [1.165, 1.54) is 26.8 Å². The van der Waals surface area contributed by atoms with E-state index in [2.05, 4.69) is 10.3 Å². The fourth-order valence-corrected chi connectivity index (χ4v) is 10.2. The molecule has 89 heavy (non-hydrogen) atoms. The van der Waals surface area contributed by atoms with Gasteiger partial charge in [-0.05, 0) is 168 Å². The Balaban J connectivity index is 1.26. The number of imidazole rings is 1. The predicted molar refractivity (Wildman–Crippen MR) is 329 cm³/mol. The molecular formula is C67H91F2N5O15. The van der Waals surface area contributed by atoms with Gasteiger partial charge in [-0.25, -0.2) is 23.4 Å². The third-order valence-corrected chi connectivity index (χ3v) is 14.1. The van der Waals surface area contributed by atoms with Crippen molar-refractivity contribution in [3.63, 3.8) is 0 Å².